The van der Waals surface area contributed by atoms with Crippen molar-refractivity contribution in [2.24, 2.45) is 17.8 Å². The standard InChI is InChI=1S/C51H43N5/c1-33-25-36-26-34(2)30-51(29-33,31-36)42-22-19-39(20-23-42)49-53-48(38-17-15-35(32-52)16-18-38)54-50(55-49)41-21-24-47-45(28-41)44-13-6-7-14-46(44)56(47)43-12-8-11-40(27-43)37-9-4-3-5-10-37/h3-24,27-28,33-34,36H,25-26,29-31H2,1-2H3/t33-,34+,36-,51?. The lowest BCUT2D eigenvalue weighted by molar-refractivity contribution is 0.0780. The van der Waals surface area contributed by atoms with E-state index in [2.05, 4.69) is 146 Å². The van der Waals surface area contributed by atoms with E-state index in [9.17, 15) is 5.26 Å². The Hall–Kier alpha value is -6.38. The van der Waals surface area contributed by atoms with Crippen LogP contribution < -0.4 is 0 Å². The number of fused-ring (bicyclic) bond motifs is 5. The van der Waals surface area contributed by atoms with Crippen LogP contribution in [0.25, 0.3) is 72.8 Å². The summed E-state index contributed by atoms with van der Waals surface area (Å²) in [7, 11) is 0. The molecule has 2 aromatic heterocycles. The highest BCUT2D eigenvalue weighted by Gasteiger charge is 2.45. The molecule has 5 nitrogen and oxygen atoms in total. The van der Waals surface area contributed by atoms with Crippen LogP contribution in [0.3, 0.4) is 0 Å². The summed E-state index contributed by atoms with van der Waals surface area (Å²) in [5.74, 6) is 4.19. The highest BCUT2D eigenvalue weighted by atomic mass is 15.0. The molecule has 0 spiro atoms. The van der Waals surface area contributed by atoms with Crippen molar-refractivity contribution in [2.45, 2.75) is 51.4 Å². The molecule has 272 valence electrons. The van der Waals surface area contributed by atoms with Crippen LogP contribution in [0.5, 0.6) is 0 Å². The number of benzene rings is 6. The SMILES string of the molecule is C[C@@H]1C[C@@H]2C[C@H](C)CC(c3ccc(-c4nc(-c5ccc(C#N)cc5)nc(-c5ccc6c(c5)c5ccccc5n6-c5cccc(-c6ccccc6)c5)n4)cc3)(C1)C2. The Balaban J connectivity index is 1.09. The molecule has 2 bridgehead atoms. The molecule has 0 radical (unpaired) electrons. The average Bonchev–Trinajstić information content (AvgIpc) is 3.57. The molecular weight excluding hydrogens is 683 g/mol. The van der Waals surface area contributed by atoms with Gasteiger partial charge in [0.05, 0.1) is 22.7 Å². The number of para-hydroxylation sites is 1. The van der Waals surface area contributed by atoms with Gasteiger partial charge in [-0.3, -0.25) is 0 Å². The molecule has 0 aliphatic heterocycles. The number of nitrogens with zero attached hydrogens (tertiary/aromatic N) is 5. The van der Waals surface area contributed by atoms with Crippen molar-refractivity contribution in [1.82, 2.24) is 19.5 Å². The summed E-state index contributed by atoms with van der Waals surface area (Å²) in [6.45, 7) is 4.89. The largest absolute Gasteiger partial charge is 0.309 e. The van der Waals surface area contributed by atoms with Gasteiger partial charge in [0.25, 0.3) is 0 Å². The van der Waals surface area contributed by atoms with Gasteiger partial charge in [-0.05, 0) is 133 Å². The smallest absolute Gasteiger partial charge is 0.164 e. The first-order chi connectivity index (χ1) is 27.4. The van der Waals surface area contributed by atoms with E-state index in [-0.39, 0.29) is 5.41 Å². The lowest BCUT2D eigenvalue weighted by Crippen LogP contribution is -2.42. The predicted molar refractivity (Wildman–Crippen MR) is 227 cm³/mol. The van der Waals surface area contributed by atoms with Crippen molar-refractivity contribution in [3.8, 4) is 57.0 Å². The highest BCUT2D eigenvalue weighted by Crippen LogP contribution is 2.54. The normalized spacial score (nSPS) is 20.6. The first-order valence-electron chi connectivity index (χ1n) is 20.0. The fraction of sp³-hybridized carbons (Fsp3) is 0.216. The van der Waals surface area contributed by atoms with Crippen LogP contribution in [0, 0.1) is 29.1 Å². The summed E-state index contributed by atoms with van der Waals surface area (Å²) in [6.07, 6.45) is 6.57. The maximum Gasteiger partial charge on any atom is 0.164 e. The first-order valence-corrected chi connectivity index (χ1v) is 20.0. The van der Waals surface area contributed by atoms with Crippen LogP contribution in [0.2, 0.25) is 0 Å². The molecule has 10 rings (SSSR count). The molecule has 2 aliphatic rings. The Morgan fingerprint density at radius 1 is 0.536 bits per heavy atom. The van der Waals surface area contributed by atoms with E-state index < -0.39 is 0 Å². The zero-order chi connectivity index (χ0) is 37.8. The quantitative estimate of drug-likeness (QED) is 0.171. The molecule has 4 atom stereocenters. The van der Waals surface area contributed by atoms with Crippen molar-refractivity contribution >= 4 is 21.8 Å². The van der Waals surface area contributed by atoms with Crippen LogP contribution in [0.1, 0.15) is 57.1 Å². The number of hydrogen-bond acceptors (Lipinski definition) is 4. The van der Waals surface area contributed by atoms with E-state index >= 15 is 0 Å². The summed E-state index contributed by atoms with van der Waals surface area (Å²) in [4.78, 5) is 15.3. The van der Waals surface area contributed by atoms with E-state index in [1.165, 1.54) is 54.2 Å². The fourth-order valence-corrected chi connectivity index (χ4v) is 10.3. The fourth-order valence-electron chi connectivity index (χ4n) is 10.3. The van der Waals surface area contributed by atoms with Gasteiger partial charge < -0.3 is 4.57 Å². The van der Waals surface area contributed by atoms with Gasteiger partial charge in [0.2, 0.25) is 0 Å². The summed E-state index contributed by atoms with van der Waals surface area (Å²) in [6, 6.07) is 53.3. The minimum absolute atomic E-state index is 0.258. The number of nitriles is 1. The van der Waals surface area contributed by atoms with Gasteiger partial charge in [-0.1, -0.05) is 98.8 Å². The zero-order valence-corrected chi connectivity index (χ0v) is 31.9. The molecule has 8 aromatic rings. The first kappa shape index (κ1) is 34.1. The van der Waals surface area contributed by atoms with E-state index in [0.29, 0.717) is 23.0 Å². The summed E-state index contributed by atoms with van der Waals surface area (Å²) in [5.41, 5.74) is 10.8. The van der Waals surface area contributed by atoms with Gasteiger partial charge in [-0.15, -0.1) is 0 Å². The van der Waals surface area contributed by atoms with Gasteiger partial charge >= 0.3 is 0 Å². The van der Waals surface area contributed by atoms with Crippen molar-refractivity contribution in [3.63, 3.8) is 0 Å². The van der Waals surface area contributed by atoms with Crippen LogP contribution >= 0.6 is 0 Å². The lowest BCUT2D eigenvalue weighted by Gasteiger charge is -2.50. The molecular formula is C51H43N5. The van der Waals surface area contributed by atoms with Crippen LogP contribution in [0.15, 0.2) is 146 Å². The van der Waals surface area contributed by atoms with Gasteiger partial charge in [0.15, 0.2) is 17.5 Å². The number of rotatable bonds is 6. The van der Waals surface area contributed by atoms with Crippen LogP contribution in [-0.2, 0) is 5.41 Å². The third-order valence-electron chi connectivity index (χ3n) is 12.4. The van der Waals surface area contributed by atoms with Gasteiger partial charge in [-0.2, -0.15) is 5.26 Å². The number of hydrogen-bond donors (Lipinski definition) is 0. The summed E-state index contributed by atoms with van der Waals surface area (Å²) in [5, 5.41) is 11.8. The molecule has 0 amide bonds. The predicted octanol–water partition coefficient (Wildman–Crippen LogP) is 12.6. The van der Waals surface area contributed by atoms with E-state index in [1.807, 2.05) is 24.3 Å². The maximum atomic E-state index is 9.49. The second kappa shape index (κ2) is 13.7. The third kappa shape index (κ3) is 6.07. The van der Waals surface area contributed by atoms with E-state index in [4.69, 9.17) is 15.0 Å². The third-order valence-corrected chi connectivity index (χ3v) is 12.4. The second-order valence-corrected chi connectivity index (χ2v) is 16.5. The molecule has 1 unspecified atom stereocenters. The second-order valence-electron chi connectivity index (χ2n) is 16.5. The minimum atomic E-state index is 0.258. The van der Waals surface area contributed by atoms with Crippen LogP contribution in [0.4, 0.5) is 0 Å². The molecule has 2 saturated carbocycles. The Morgan fingerprint density at radius 2 is 1.12 bits per heavy atom. The average molecular weight is 726 g/mol. The molecule has 56 heavy (non-hydrogen) atoms. The Kier molecular flexibility index (Phi) is 8.37. The Bertz CT molecular complexity index is 2760. The monoisotopic (exact) mass is 725 g/mol. The molecule has 2 heterocycles. The van der Waals surface area contributed by atoms with Crippen LogP contribution in [-0.4, -0.2) is 19.5 Å². The van der Waals surface area contributed by atoms with Crippen molar-refractivity contribution < 1.29 is 0 Å². The molecule has 0 N–H and O–H groups in total. The molecule has 0 saturated heterocycles. The van der Waals surface area contributed by atoms with E-state index in [1.54, 1.807) is 0 Å². The van der Waals surface area contributed by atoms with Crippen molar-refractivity contribution in [2.75, 3.05) is 0 Å². The number of aromatic nitrogens is 4. The zero-order valence-electron chi connectivity index (χ0n) is 31.9. The van der Waals surface area contributed by atoms with Crippen molar-refractivity contribution in [3.05, 3.63) is 157 Å². The molecule has 5 heteroatoms. The lowest BCUT2D eigenvalue weighted by atomic mass is 9.54. The summed E-state index contributed by atoms with van der Waals surface area (Å²) < 4.78 is 2.35. The molecule has 2 aliphatic carbocycles. The Morgan fingerprint density at radius 3 is 1.82 bits per heavy atom. The van der Waals surface area contributed by atoms with Gasteiger partial charge in [-0.25, -0.2) is 15.0 Å². The summed E-state index contributed by atoms with van der Waals surface area (Å²) >= 11 is 0. The molecule has 2 fully saturated rings. The maximum absolute atomic E-state index is 9.49. The van der Waals surface area contributed by atoms with Gasteiger partial charge in [0, 0.05) is 33.2 Å². The minimum Gasteiger partial charge on any atom is -0.309 e. The Labute approximate surface area is 328 Å². The van der Waals surface area contributed by atoms with E-state index in [0.717, 1.165) is 56.6 Å². The highest BCUT2D eigenvalue weighted by molar-refractivity contribution is 6.10. The van der Waals surface area contributed by atoms with Gasteiger partial charge in [0.1, 0.15) is 0 Å². The van der Waals surface area contributed by atoms with Crippen molar-refractivity contribution in [1.29, 1.82) is 5.26 Å². The topological polar surface area (TPSA) is 67.4 Å². The molecule has 6 aromatic carbocycles.